The topological polar surface area (TPSA) is 47.5 Å². The number of non-ortho nitro benzene ring substituents is 1. The minimum absolute atomic E-state index is 0.0600. The third-order valence-electron chi connectivity index (χ3n) is 1.22. The Balaban J connectivity index is 3.25. The molecule has 0 bridgehead atoms. The summed E-state index contributed by atoms with van der Waals surface area (Å²) in [6, 6.07) is 3.94. The van der Waals surface area contributed by atoms with Gasteiger partial charge in [0.25, 0.3) is 0 Å². The predicted molar refractivity (Wildman–Crippen MR) is 41.1 cm³/mol. The van der Waals surface area contributed by atoms with E-state index >= 15 is 0 Å². The summed E-state index contributed by atoms with van der Waals surface area (Å²) >= 11 is 9.71. The van der Waals surface area contributed by atoms with Gasteiger partial charge in [-0.15, -0.1) is 0 Å². The summed E-state index contributed by atoms with van der Waals surface area (Å²) < 4.78 is 3.40. The number of rotatable bonds is 1. The number of nitrogens with zero attached hydrogens (tertiary/aromatic N) is 2. The second-order valence-corrected chi connectivity index (χ2v) is 2.59. The van der Waals surface area contributed by atoms with Crippen LogP contribution >= 0.6 is 11.6 Å². The summed E-state index contributed by atoms with van der Waals surface area (Å²) in [5, 5.41) is 10.6. The van der Waals surface area contributed by atoms with Gasteiger partial charge in [-0.1, -0.05) is 0 Å². The molecule has 0 heterocycles. The van der Waals surface area contributed by atoms with Gasteiger partial charge in [-0.05, 0) is 0 Å². The van der Waals surface area contributed by atoms with Gasteiger partial charge in [-0.3, -0.25) is 0 Å². The Hall–Kier alpha value is -0.886. The van der Waals surface area contributed by atoms with E-state index in [2.05, 4.69) is 18.9 Å². The van der Waals surface area contributed by atoms with E-state index in [0.29, 0.717) is 5.02 Å². The van der Waals surface area contributed by atoms with Gasteiger partial charge in [0, 0.05) is 0 Å². The number of halogens is 1. The Bertz CT molecular complexity index is 374. The van der Waals surface area contributed by atoms with E-state index in [9.17, 15) is 10.1 Å². The fourth-order valence-electron chi connectivity index (χ4n) is 0.669. The van der Waals surface area contributed by atoms with Crippen molar-refractivity contribution in [2.75, 3.05) is 0 Å². The van der Waals surface area contributed by atoms with Gasteiger partial charge in [0.05, 0.1) is 0 Å². The fourth-order valence-corrected chi connectivity index (χ4v) is 1.07. The molecule has 0 aliphatic rings. The van der Waals surface area contributed by atoms with Crippen molar-refractivity contribution >= 4 is 23.0 Å². The molecular weight excluding hydrogens is 226 g/mol. The number of hydrogen-bond acceptors (Lipinski definition) is 2. The monoisotopic (exact) mass is 228 g/mol. The number of benzene rings is 1. The average molecular weight is 229 g/mol. The predicted octanol–water partition coefficient (Wildman–Crippen LogP) is 2.72. The van der Waals surface area contributed by atoms with E-state index in [1.165, 1.54) is 18.2 Å². The standard InChI is InChI=1S/C6H3ClN2O2.Ni/c7-5-2-1-4(9(10)11)3-6(5)8;/h1-3H;/q+1;. The van der Waals surface area contributed by atoms with Gasteiger partial charge in [0.15, 0.2) is 0 Å². The van der Waals surface area contributed by atoms with Gasteiger partial charge in [0.2, 0.25) is 0 Å². The van der Waals surface area contributed by atoms with Crippen LogP contribution in [0.4, 0.5) is 11.4 Å². The van der Waals surface area contributed by atoms with Crippen LogP contribution in [0.25, 0.3) is 3.85 Å². The number of hydrogen-bond donors (Lipinski definition) is 0. The summed E-state index contributed by atoms with van der Waals surface area (Å²) in [7, 11) is 0. The van der Waals surface area contributed by atoms with E-state index in [1.54, 1.807) is 0 Å². The van der Waals surface area contributed by atoms with Crippen LogP contribution in [0.1, 0.15) is 0 Å². The molecule has 0 saturated carbocycles. The molecule has 0 fully saturated rings. The summed E-state index contributed by atoms with van der Waals surface area (Å²) in [6.07, 6.45) is 0. The summed E-state index contributed by atoms with van der Waals surface area (Å²) in [5.74, 6) is 0. The van der Waals surface area contributed by atoms with Crippen molar-refractivity contribution in [3.8, 4) is 0 Å². The zero-order valence-corrected chi connectivity index (χ0v) is 7.38. The molecule has 0 amide bonds. The normalized spacial score (nSPS) is 9.17. The molecule has 12 heavy (non-hydrogen) atoms. The van der Waals surface area contributed by atoms with Gasteiger partial charge < -0.3 is 0 Å². The van der Waals surface area contributed by atoms with E-state index < -0.39 is 4.92 Å². The third kappa shape index (κ3) is 1.83. The van der Waals surface area contributed by atoms with Crippen molar-refractivity contribution < 1.29 is 20.0 Å². The van der Waals surface area contributed by atoms with Crippen LogP contribution in [0, 0.1) is 10.1 Å². The molecule has 0 N–H and O–H groups in total. The van der Waals surface area contributed by atoms with E-state index in [1.807, 2.05) is 0 Å². The zero-order valence-electron chi connectivity index (χ0n) is 5.64. The molecule has 6 heteroatoms. The molecule has 0 unspecified atom stereocenters. The summed E-state index contributed by atoms with van der Waals surface area (Å²) in [4.78, 5) is 9.75. The Morgan fingerprint density at radius 2 is 2.25 bits per heavy atom. The second-order valence-electron chi connectivity index (χ2n) is 1.96. The van der Waals surface area contributed by atoms with Gasteiger partial charge in [-0.2, -0.15) is 0 Å². The summed E-state index contributed by atoms with van der Waals surface area (Å²) in [6.45, 7) is 0. The fraction of sp³-hybridized carbons (Fsp3) is 0. The van der Waals surface area contributed by atoms with Crippen molar-refractivity contribution in [1.82, 2.24) is 0 Å². The minimum atomic E-state index is -0.523. The Kier molecular flexibility index (Phi) is 2.82. The SMILES string of the molecule is O=[N+]([O-])c1ccc(Cl)c([N+]#[Ni])c1. The Morgan fingerprint density at radius 3 is 2.75 bits per heavy atom. The Morgan fingerprint density at radius 1 is 1.58 bits per heavy atom. The van der Waals surface area contributed by atoms with Crippen molar-refractivity contribution in [3.63, 3.8) is 0 Å². The molecule has 4 nitrogen and oxygen atoms in total. The molecule has 1 aromatic rings. The van der Waals surface area contributed by atoms with Gasteiger partial charge >= 0.3 is 80.2 Å². The summed E-state index contributed by atoms with van der Waals surface area (Å²) in [5.41, 5.74) is 0.209. The molecule has 0 aliphatic heterocycles. The average Bonchev–Trinajstić information content (AvgIpc) is 2.05. The van der Waals surface area contributed by atoms with Crippen LogP contribution in [-0.4, -0.2) is 4.92 Å². The molecule has 0 saturated heterocycles. The molecule has 0 aliphatic carbocycles. The van der Waals surface area contributed by atoms with E-state index in [-0.39, 0.29) is 11.4 Å². The van der Waals surface area contributed by atoms with Crippen LogP contribution in [0.15, 0.2) is 18.2 Å². The van der Waals surface area contributed by atoms with Crippen LogP contribution in [-0.2, 0) is 15.1 Å². The molecular formula is C6H3ClN2NiO2+. The third-order valence-corrected chi connectivity index (χ3v) is 1.77. The zero-order chi connectivity index (χ0) is 9.14. The number of nitro benzene ring substituents is 1. The quantitative estimate of drug-likeness (QED) is 0.422. The maximum absolute atomic E-state index is 10.3. The van der Waals surface area contributed by atoms with Crippen LogP contribution in [0.3, 0.4) is 0 Å². The molecule has 0 radical (unpaired) electrons. The van der Waals surface area contributed by atoms with Crippen LogP contribution < -0.4 is 0 Å². The first-order valence-corrected chi connectivity index (χ1v) is 3.70. The first-order valence-electron chi connectivity index (χ1n) is 2.88. The van der Waals surface area contributed by atoms with Crippen LogP contribution in [0.2, 0.25) is 5.02 Å². The molecule has 0 spiro atoms. The molecule has 65 valence electrons. The van der Waals surface area contributed by atoms with Crippen LogP contribution in [0.5, 0.6) is 0 Å². The first-order chi connectivity index (χ1) is 5.65. The van der Waals surface area contributed by atoms with Gasteiger partial charge in [-0.25, -0.2) is 0 Å². The molecule has 1 aromatic carbocycles. The molecule has 0 aromatic heterocycles. The van der Waals surface area contributed by atoms with Crippen molar-refractivity contribution in [2.24, 2.45) is 0 Å². The molecule has 0 atom stereocenters. The Labute approximate surface area is 80.5 Å². The molecule has 1 rings (SSSR count). The first kappa shape index (κ1) is 9.20. The van der Waals surface area contributed by atoms with Crippen molar-refractivity contribution in [1.29, 1.82) is 0 Å². The van der Waals surface area contributed by atoms with Crippen molar-refractivity contribution in [3.05, 3.63) is 37.2 Å². The van der Waals surface area contributed by atoms with Gasteiger partial charge in [0.1, 0.15) is 0 Å². The number of nitro groups is 1. The second kappa shape index (κ2) is 3.68. The van der Waals surface area contributed by atoms with E-state index in [0.717, 1.165) is 0 Å². The maximum atomic E-state index is 10.3. The van der Waals surface area contributed by atoms with E-state index in [4.69, 9.17) is 11.6 Å². The van der Waals surface area contributed by atoms with Crippen molar-refractivity contribution in [2.45, 2.75) is 0 Å².